The number of fused-ring (bicyclic) bond motifs is 7. The summed E-state index contributed by atoms with van der Waals surface area (Å²) in [5.74, 6) is 0.327. The van der Waals surface area contributed by atoms with Gasteiger partial charge in [0.25, 0.3) is 0 Å². The van der Waals surface area contributed by atoms with Gasteiger partial charge in [-0.15, -0.1) is 5.10 Å². The molecule has 1 saturated heterocycles. The van der Waals surface area contributed by atoms with Crippen LogP contribution in [0.2, 0.25) is 0 Å². The molecule has 3 aromatic heterocycles. The molecule has 3 aliphatic heterocycles. The minimum atomic E-state index is -0.987. The van der Waals surface area contributed by atoms with Gasteiger partial charge in [-0.05, 0) is 59.9 Å². The molecular formula is C35H45N7O5. The molecule has 250 valence electrons. The maximum absolute atomic E-state index is 13.5. The zero-order valence-electron chi connectivity index (χ0n) is 28.2. The Morgan fingerprint density at radius 1 is 1.13 bits per heavy atom. The number of hydrogen-bond acceptors (Lipinski definition) is 10. The van der Waals surface area contributed by atoms with E-state index in [4.69, 9.17) is 29.0 Å². The molecule has 0 N–H and O–H groups in total. The van der Waals surface area contributed by atoms with Crippen LogP contribution < -0.4 is 4.90 Å². The van der Waals surface area contributed by atoms with E-state index in [1.165, 1.54) is 0 Å². The maximum Gasteiger partial charge on any atom is 0.340 e. The van der Waals surface area contributed by atoms with E-state index in [1.54, 1.807) is 11.6 Å². The molecule has 47 heavy (non-hydrogen) atoms. The lowest BCUT2D eigenvalue weighted by atomic mass is 9.92. The second-order valence-corrected chi connectivity index (χ2v) is 13.4. The number of benzene rings is 1. The van der Waals surface area contributed by atoms with Gasteiger partial charge in [0.15, 0.2) is 11.8 Å². The number of rotatable bonds is 4. The van der Waals surface area contributed by atoms with Crippen molar-refractivity contribution in [1.29, 1.82) is 0 Å². The van der Waals surface area contributed by atoms with Crippen molar-refractivity contribution in [3.05, 3.63) is 71.2 Å². The number of carbonyl (C=O) groups is 1. The van der Waals surface area contributed by atoms with E-state index >= 15 is 0 Å². The van der Waals surface area contributed by atoms with Gasteiger partial charge in [-0.3, -0.25) is 0 Å². The van der Waals surface area contributed by atoms with Crippen LogP contribution in [-0.2, 0) is 36.9 Å². The normalized spacial score (nSPS) is 17.8. The van der Waals surface area contributed by atoms with Gasteiger partial charge in [0.05, 0.1) is 61.6 Å². The third kappa shape index (κ3) is 7.39. The number of aromatic nitrogens is 6. The SMILES string of the molecule is CCOC(=O)[C@@H](OC(C)(C)C)c1c(C)nc2cc3nn2c1N1CCC(C)(CC1)OCC=CCOCc1ccccc1-c1cn(nn1)C3. The van der Waals surface area contributed by atoms with Crippen molar-refractivity contribution >= 4 is 17.4 Å². The number of esters is 1. The number of nitrogens with zero attached hydrogens (tertiary/aromatic N) is 7. The molecule has 1 fully saturated rings. The van der Waals surface area contributed by atoms with Crippen molar-refractivity contribution in [3.63, 3.8) is 0 Å². The summed E-state index contributed by atoms with van der Waals surface area (Å²) < 4.78 is 28.0. The monoisotopic (exact) mass is 643 g/mol. The Morgan fingerprint density at radius 3 is 2.66 bits per heavy atom. The van der Waals surface area contributed by atoms with Crippen LogP contribution in [0.5, 0.6) is 0 Å². The molecule has 12 heteroatoms. The molecule has 0 unspecified atom stereocenters. The first-order valence-electron chi connectivity index (χ1n) is 16.4. The Kier molecular flexibility index (Phi) is 9.45. The van der Waals surface area contributed by atoms with E-state index in [0.717, 1.165) is 41.2 Å². The molecule has 0 spiro atoms. The summed E-state index contributed by atoms with van der Waals surface area (Å²) in [6.45, 7) is 15.1. The van der Waals surface area contributed by atoms with Crippen LogP contribution in [0, 0.1) is 6.92 Å². The number of aryl methyl sites for hydroxylation is 1. The number of ether oxygens (including phenoxy) is 4. The van der Waals surface area contributed by atoms with E-state index in [2.05, 4.69) is 22.1 Å². The molecule has 7 rings (SSSR count). The van der Waals surface area contributed by atoms with Gasteiger partial charge in [0.1, 0.15) is 11.5 Å². The number of piperidine rings is 1. The molecule has 6 heterocycles. The minimum absolute atomic E-state index is 0.239. The van der Waals surface area contributed by atoms with Gasteiger partial charge in [0, 0.05) is 30.4 Å². The van der Waals surface area contributed by atoms with Crippen LogP contribution in [0.3, 0.4) is 0 Å². The highest BCUT2D eigenvalue weighted by Gasteiger charge is 2.38. The molecule has 0 radical (unpaired) electrons. The lowest BCUT2D eigenvalue weighted by Gasteiger charge is -2.41. The van der Waals surface area contributed by atoms with Gasteiger partial charge in [-0.25, -0.2) is 14.5 Å². The van der Waals surface area contributed by atoms with Crippen LogP contribution in [0.25, 0.3) is 16.9 Å². The first-order valence-corrected chi connectivity index (χ1v) is 16.4. The van der Waals surface area contributed by atoms with E-state index < -0.39 is 17.7 Å². The van der Waals surface area contributed by atoms with Crippen molar-refractivity contribution in [2.24, 2.45) is 0 Å². The highest BCUT2D eigenvalue weighted by Crippen LogP contribution is 2.38. The summed E-state index contributed by atoms with van der Waals surface area (Å²) in [5.41, 5.74) is 4.62. The van der Waals surface area contributed by atoms with Crippen molar-refractivity contribution in [3.8, 4) is 11.3 Å². The number of carbonyl (C=O) groups excluding carboxylic acids is 1. The van der Waals surface area contributed by atoms with Crippen molar-refractivity contribution in [2.45, 2.75) is 84.8 Å². The van der Waals surface area contributed by atoms with Crippen LogP contribution >= 0.6 is 0 Å². The van der Waals surface area contributed by atoms with E-state index in [0.29, 0.717) is 56.4 Å². The first kappa shape index (κ1) is 32.8. The molecule has 12 nitrogen and oxygen atoms in total. The summed E-state index contributed by atoms with van der Waals surface area (Å²) >= 11 is 0. The zero-order valence-corrected chi connectivity index (χ0v) is 28.2. The lowest BCUT2D eigenvalue weighted by Crippen LogP contribution is -2.45. The molecule has 1 atom stereocenters. The number of hydrogen-bond donors (Lipinski definition) is 0. The fourth-order valence-electron chi connectivity index (χ4n) is 6.17. The Labute approximate surface area is 275 Å². The third-order valence-electron chi connectivity index (χ3n) is 8.53. The summed E-state index contributed by atoms with van der Waals surface area (Å²) in [6, 6.07) is 10.0. The smallest absolute Gasteiger partial charge is 0.340 e. The van der Waals surface area contributed by atoms with Crippen molar-refractivity contribution in [1.82, 2.24) is 29.6 Å². The Morgan fingerprint density at radius 2 is 1.89 bits per heavy atom. The summed E-state index contributed by atoms with van der Waals surface area (Å²) in [6.07, 6.45) is 6.53. The first-order chi connectivity index (χ1) is 22.5. The average molecular weight is 644 g/mol. The Balaban J connectivity index is 1.46. The predicted octanol–water partition coefficient (Wildman–Crippen LogP) is 5.23. The zero-order chi connectivity index (χ0) is 33.2. The average Bonchev–Trinajstić information content (AvgIpc) is 3.65. The van der Waals surface area contributed by atoms with E-state index in [9.17, 15) is 4.79 Å². The fourth-order valence-corrected chi connectivity index (χ4v) is 6.17. The molecule has 1 aromatic carbocycles. The van der Waals surface area contributed by atoms with Crippen LogP contribution in [-0.4, -0.2) is 79.7 Å². The van der Waals surface area contributed by atoms with Crippen molar-refractivity contribution < 1.29 is 23.7 Å². The van der Waals surface area contributed by atoms with Crippen LogP contribution in [0.4, 0.5) is 5.82 Å². The standard InChI is InChI=1S/C35H45N7O5/c1-7-45-33(43)31(47-34(3,4)5)30-24(2)36-29-20-26-21-41-22-28(37-39-41)27-13-9-8-12-25(27)23-44-18-10-11-19-46-35(6)14-16-40(17-15-35)32(30)42(29)38-26/h8-13,20,22,31H,7,14-19,21,23H2,1-6H3/t31-/m0/s1. The van der Waals surface area contributed by atoms with Gasteiger partial charge < -0.3 is 23.8 Å². The summed E-state index contributed by atoms with van der Waals surface area (Å²) in [7, 11) is 0. The largest absolute Gasteiger partial charge is 0.464 e. The highest BCUT2D eigenvalue weighted by atomic mass is 16.6. The molecule has 0 aliphatic carbocycles. The topological polar surface area (TPSA) is 118 Å². The van der Waals surface area contributed by atoms with Gasteiger partial charge >= 0.3 is 5.97 Å². The lowest BCUT2D eigenvalue weighted by molar-refractivity contribution is -0.166. The summed E-state index contributed by atoms with van der Waals surface area (Å²) in [5, 5.41) is 14.0. The number of anilines is 1. The quantitative estimate of drug-likeness (QED) is 0.216. The van der Waals surface area contributed by atoms with Gasteiger partial charge in [0.2, 0.25) is 0 Å². The molecular weight excluding hydrogens is 598 g/mol. The summed E-state index contributed by atoms with van der Waals surface area (Å²) in [4.78, 5) is 20.7. The van der Waals surface area contributed by atoms with Crippen LogP contribution in [0.15, 0.2) is 48.7 Å². The molecule has 6 bridgehead atoms. The predicted molar refractivity (Wildman–Crippen MR) is 177 cm³/mol. The van der Waals surface area contributed by atoms with Gasteiger partial charge in [-0.2, -0.15) is 9.61 Å². The Bertz CT molecular complexity index is 1750. The molecule has 3 aliphatic rings. The van der Waals surface area contributed by atoms with Gasteiger partial charge in [-0.1, -0.05) is 41.6 Å². The third-order valence-corrected chi connectivity index (χ3v) is 8.53. The van der Waals surface area contributed by atoms with Crippen molar-refractivity contribution in [2.75, 3.05) is 37.8 Å². The second-order valence-electron chi connectivity index (χ2n) is 13.4. The Hall–Kier alpha value is -4.13. The van der Waals surface area contributed by atoms with Crippen LogP contribution in [0.1, 0.15) is 76.1 Å². The van der Waals surface area contributed by atoms with E-state index in [1.807, 2.05) is 80.9 Å². The second kappa shape index (κ2) is 13.5. The molecule has 0 saturated carbocycles. The maximum atomic E-state index is 13.5. The fraction of sp³-hybridized carbons (Fsp3) is 0.514. The minimum Gasteiger partial charge on any atom is -0.464 e. The molecule has 0 amide bonds. The van der Waals surface area contributed by atoms with E-state index in [-0.39, 0.29) is 12.2 Å². The molecule has 4 aromatic rings. The highest BCUT2D eigenvalue weighted by molar-refractivity contribution is 5.80.